The van der Waals surface area contributed by atoms with E-state index in [1.54, 1.807) is 18.2 Å². The number of aromatic amines is 1. The first-order valence-corrected chi connectivity index (χ1v) is 6.52. The molecule has 0 aliphatic carbocycles. The lowest BCUT2D eigenvalue weighted by Gasteiger charge is -2.07. The normalized spacial score (nSPS) is 10.8. The monoisotopic (exact) mass is 301 g/mol. The Morgan fingerprint density at radius 3 is 2.95 bits per heavy atom. The van der Waals surface area contributed by atoms with Crippen LogP contribution in [0.5, 0.6) is 0 Å². The molecule has 0 radical (unpaired) electrons. The van der Waals surface area contributed by atoms with Gasteiger partial charge in [-0.15, -0.1) is 0 Å². The number of esters is 1. The number of benzene rings is 1. The number of ether oxygens (including phenoxy) is 1. The van der Waals surface area contributed by atoms with Gasteiger partial charge in [0.05, 0.1) is 12.7 Å². The fourth-order valence-electron chi connectivity index (χ4n) is 2.27. The summed E-state index contributed by atoms with van der Waals surface area (Å²) in [6.07, 6.45) is 1.62. The molecule has 2 heterocycles. The first-order chi connectivity index (χ1) is 10.6. The second kappa shape index (κ2) is 5.44. The number of nitrogens with zero attached hydrogens (tertiary/aromatic N) is 2. The van der Waals surface area contributed by atoms with Gasteiger partial charge >= 0.3 is 5.97 Å². The zero-order valence-electron chi connectivity index (χ0n) is 11.7. The smallest absolute Gasteiger partial charge is 0.357 e. The molecule has 7 heteroatoms. The molecular formula is C15H12FN3O3. The van der Waals surface area contributed by atoms with Crippen LogP contribution in [0, 0.1) is 5.82 Å². The molecule has 1 N–H and O–H groups in total. The van der Waals surface area contributed by atoms with Gasteiger partial charge in [-0.25, -0.2) is 18.7 Å². The predicted molar refractivity (Wildman–Crippen MR) is 76.4 cm³/mol. The standard InChI is InChI=1S/C15H12FN3O3/c1-22-15(21)13-11(8-9-3-2-4-10(16)7-9)14(20)19-12(18-13)5-6-17-19/h2-7,17H,8H2,1H3. The minimum absolute atomic E-state index is 0.0589. The summed E-state index contributed by atoms with van der Waals surface area (Å²) in [5.74, 6) is -1.11. The highest BCUT2D eigenvalue weighted by Crippen LogP contribution is 2.13. The third-order valence-corrected chi connectivity index (χ3v) is 3.29. The highest BCUT2D eigenvalue weighted by Gasteiger charge is 2.20. The van der Waals surface area contributed by atoms with Gasteiger partial charge in [-0.05, 0) is 17.7 Å². The number of aromatic nitrogens is 3. The molecule has 3 aromatic rings. The molecule has 1 aromatic carbocycles. The fraction of sp³-hybridized carbons (Fsp3) is 0.133. The second-order valence-corrected chi connectivity index (χ2v) is 4.70. The molecule has 0 aliphatic heterocycles. The molecule has 112 valence electrons. The lowest BCUT2D eigenvalue weighted by atomic mass is 10.0. The molecule has 0 saturated heterocycles. The number of fused-ring (bicyclic) bond motifs is 1. The van der Waals surface area contributed by atoms with E-state index >= 15 is 0 Å². The number of halogens is 1. The van der Waals surface area contributed by atoms with Gasteiger partial charge in [-0.1, -0.05) is 12.1 Å². The van der Waals surface area contributed by atoms with Crippen molar-refractivity contribution in [2.24, 2.45) is 0 Å². The maximum atomic E-state index is 13.3. The van der Waals surface area contributed by atoms with Gasteiger partial charge < -0.3 is 4.74 Å². The Balaban J connectivity index is 2.19. The minimum atomic E-state index is -0.702. The van der Waals surface area contributed by atoms with Crippen LogP contribution in [0.4, 0.5) is 4.39 Å². The van der Waals surface area contributed by atoms with E-state index in [1.165, 1.54) is 30.0 Å². The topological polar surface area (TPSA) is 76.5 Å². The lowest BCUT2D eigenvalue weighted by Crippen LogP contribution is -2.25. The molecule has 0 bridgehead atoms. The van der Waals surface area contributed by atoms with Crippen molar-refractivity contribution >= 4 is 11.6 Å². The number of carbonyl (C=O) groups is 1. The third-order valence-electron chi connectivity index (χ3n) is 3.29. The van der Waals surface area contributed by atoms with Gasteiger partial charge in [0.25, 0.3) is 5.56 Å². The van der Waals surface area contributed by atoms with E-state index in [9.17, 15) is 14.0 Å². The Labute approximate surface area is 124 Å². The average Bonchev–Trinajstić information content (AvgIpc) is 2.98. The minimum Gasteiger partial charge on any atom is -0.464 e. The molecule has 2 aromatic heterocycles. The molecule has 0 saturated carbocycles. The van der Waals surface area contributed by atoms with E-state index in [2.05, 4.69) is 14.8 Å². The van der Waals surface area contributed by atoms with E-state index in [1.807, 2.05) is 0 Å². The van der Waals surface area contributed by atoms with Gasteiger partial charge in [0.1, 0.15) is 5.82 Å². The van der Waals surface area contributed by atoms with Crippen LogP contribution < -0.4 is 5.56 Å². The Morgan fingerprint density at radius 1 is 1.41 bits per heavy atom. The van der Waals surface area contributed by atoms with Crippen LogP contribution in [-0.4, -0.2) is 27.7 Å². The van der Waals surface area contributed by atoms with Crippen molar-refractivity contribution in [2.45, 2.75) is 6.42 Å². The van der Waals surface area contributed by atoms with Gasteiger partial charge in [-0.3, -0.25) is 9.89 Å². The quantitative estimate of drug-likeness (QED) is 0.744. The molecule has 22 heavy (non-hydrogen) atoms. The van der Waals surface area contributed by atoms with Crippen LogP contribution in [-0.2, 0) is 11.2 Å². The zero-order chi connectivity index (χ0) is 15.7. The number of hydrogen-bond acceptors (Lipinski definition) is 4. The summed E-state index contributed by atoms with van der Waals surface area (Å²) in [7, 11) is 1.22. The van der Waals surface area contributed by atoms with Crippen molar-refractivity contribution < 1.29 is 13.9 Å². The number of nitrogens with one attached hydrogen (secondary N) is 1. The molecular weight excluding hydrogens is 289 g/mol. The summed E-state index contributed by atoms with van der Waals surface area (Å²) in [4.78, 5) is 28.6. The van der Waals surface area contributed by atoms with E-state index in [-0.39, 0.29) is 17.7 Å². The third kappa shape index (κ3) is 2.37. The van der Waals surface area contributed by atoms with E-state index in [4.69, 9.17) is 0 Å². The molecule has 0 aliphatic rings. The molecule has 3 rings (SSSR count). The van der Waals surface area contributed by atoms with Crippen molar-refractivity contribution in [3.05, 3.63) is 69.5 Å². The number of carbonyl (C=O) groups excluding carboxylic acids is 1. The Hall–Kier alpha value is -2.96. The average molecular weight is 301 g/mol. The maximum absolute atomic E-state index is 13.3. The lowest BCUT2D eigenvalue weighted by molar-refractivity contribution is 0.0592. The van der Waals surface area contributed by atoms with Gasteiger partial charge in [0, 0.05) is 18.7 Å². The number of H-pyrrole nitrogens is 1. The number of hydrogen-bond donors (Lipinski definition) is 1. The fourth-order valence-corrected chi connectivity index (χ4v) is 2.27. The highest BCUT2D eigenvalue weighted by molar-refractivity contribution is 5.89. The van der Waals surface area contributed by atoms with Gasteiger partial charge in [-0.2, -0.15) is 0 Å². The summed E-state index contributed by atoms with van der Waals surface area (Å²) in [6, 6.07) is 7.40. The predicted octanol–water partition coefficient (Wildman–Crippen LogP) is 1.54. The Morgan fingerprint density at radius 2 is 2.23 bits per heavy atom. The van der Waals surface area contributed by atoms with E-state index in [0.29, 0.717) is 11.2 Å². The summed E-state index contributed by atoms with van der Waals surface area (Å²) in [5, 5.41) is 2.73. The van der Waals surface area contributed by atoms with Gasteiger partial charge in [0.15, 0.2) is 11.3 Å². The number of methoxy groups -OCH3 is 1. The van der Waals surface area contributed by atoms with Gasteiger partial charge in [0.2, 0.25) is 0 Å². The van der Waals surface area contributed by atoms with Crippen LogP contribution in [0.3, 0.4) is 0 Å². The zero-order valence-corrected chi connectivity index (χ0v) is 11.7. The first-order valence-electron chi connectivity index (χ1n) is 6.52. The second-order valence-electron chi connectivity index (χ2n) is 4.70. The van der Waals surface area contributed by atoms with Crippen molar-refractivity contribution in [2.75, 3.05) is 7.11 Å². The summed E-state index contributed by atoms with van der Waals surface area (Å²) in [6.45, 7) is 0. The largest absolute Gasteiger partial charge is 0.464 e. The summed E-state index contributed by atoms with van der Waals surface area (Å²) >= 11 is 0. The summed E-state index contributed by atoms with van der Waals surface area (Å²) < 4.78 is 19.2. The highest BCUT2D eigenvalue weighted by atomic mass is 19.1. The van der Waals surface area contributed by atoms with E-state index in [0.717, 1.165) is 0 Å². The SMILES string of the molecule is COC(=O)c1nc2cc[nH]n2c(=O)c1Cc1cccc(F)c1. The number of rotatable bonds is 3. The molecule has 0 fully saturated rings. The molecule has 0 spiro atoms. The van der Waals surface area contributed by atoms with Crippen molar-refractivity contribution in [1.82, 2.24) is 14.6 Å². The van der Waals surface area contributed by atoms with Crippen LogP contribution in [0.15, 0.2) is 41.3 Å². The Kier molecular flexibility index (Phi) is 3.46. The van der Waals surface area contributed by atoms with Crippen LogP contribution >= 0.6 is 0 Å². The molecule has 6 nitrogen and oxygen atoms in total. The van der Waals surface area contributed by atoms with Crippen molar-refractivity contribution in [3.63, 3.8) is 0 Å². The molecule has 0 unspecified atom stereocenters. The van der Waals surface area contributed by atoms with Crippen LogP contribution in [0.25, 0.3) is 5.65 Å². The maximum Gasteiger partial charge on any atom is 0.357 e. The van der Waals surface area contributed by atoms with Crippen LogP contribution in [0.2, 0.25) is 0 Å². The van der Waals surface area contributed by atoms with Crippen molar-refractivity contribution in [1.29, 1.82) is 0 Å². The Bertz CT molecular complexity index is 914. The first kappa shape index (κ1) is 14.0. The summed E-state index contributed by atoms with van der Waals surface area (Å²) in [5.41, 5.74) is 0.553. The van der Waals surface area contributed by atoms with Crippen LogP contribution in [0.1, 0.15) is 21.6 Å². The molecule has 0 amide bonds. The molecule has 0 atom stereocenters. The van der Waals surface area contributed by atoms with Crippen molar-refractivity contribution in [3.8, 4) is 0 Å². The van der Waals surface area contributed by atoms with E-state index < -0.39 is 17.3 Å².